The number of rotatable bonds is 7. The van der Waals surface area contributed by atoms with E-state index in [1.54, 1.807) is 0 Å². The molecule has 0 bridgehead atoms. The number of hydrogen-bond acceptors (Lipinski definition) is 3. The second-order valence-corrected chi connectivity index (χ2v) is 11.6. The van der Waals surface area contributed by atoms with Gasteiger partial charge >= 0.3 is 5.97 Å². The highest BCUT2D eigenvalue weighted by atomic mass is 28.4. The van der Waals surface area contributed by atoms with Crippen LogP contribution in [0.2, 0.25) is 18.1 Å². The largest absolute Gasteiger partial charge is 0.469 e. The third kappa shape index (κ3) is 5.65. The zero-order valence-electron chi connectivity index (χ0n) is 14.0. The zero-order chi connectivity index (χ0) is 15.3. The summed E-state index contributed by atoms with van der Waals surface area (Å²) in [5, 5.41) is 0.160. The molecule has 3 nitrogen and oxygen atoms in total. The van der Waals surface area contributed by atoms with Crippen molar-refractivity contribution in [3.05, 3.63) is 0 Å². The Bertz CT molecular complexity index is 282. The molecule has 0 heterocycles. The van der Waals surface area contributed by atoms with Gasteiger partial charge in [0.05, 0.1) is 19.1 Å². The summed E-state index contributed by atoms with van der Waals surface area (Å²) in [4.78, 5) is 11.8. The van der Waals surface area contributed by atoms with Gasteiger partial charge in [-0.3, -0.25) is 4.79 Å². The molecular formula is C15H32O3Si. The molecule has 0 unspecified atom stereocenters. The fourth-order valence-electron chi connectivity index (χ4n) is 1.71. The van der Waals surface area contributed by atoms with Crippen LogP contribution >= 0.6 is 0 Å². The van der Waals surface area contributed by atoms with Crippen molar-refractivity contribution in [3.8, 4) is 0 Å². The summed E-state index contributed by atoms with van der Waals surface area (Å²) < 4.78 is 11.3. The smallest absolute Gasteiger partial charge is 0.310 e. The van der Waals surface area contributed by atoms with Gasteiger partial charge in [-0.05, 0) is 31.5 Å². The van der Waals surface area contributed by atoms with E-state index in [1.807, 2.05) is 6.92 Å². The maximum absolute atomic E-state index is 11.8. The lowest BCUT2D eigenvalue weighted by Crippen LogP contribution is -2.46. The summed E-state index contributed by atoms with van der Waals surface area (Å²) in [6.07, 6.45) is 3.11. The zero-order valence-corrected chi connectivity index (χ0v) is 15.0. The summed E-state index contributed by atoms with van der Waals surface area (Å²) in [5.41, 5.74) is 0. The molecule has 0 aliphatic rings. The van der Waals surface area contributed by atoms with E-state index in [1.165, 1.54) is 7.11 Å². The molecule has 0 amide bonds. The lowest BCUT2D eigenvalue weighted by atomic mass is 10.00. The predicted molar refractivity (Wildman–Crippen MR) is 82.8 cm³/mol. The highest BCUT2D eigenvalue weighted by Gasteiger charge is 2.41. The Hall–Kier alpha value is -0.353. The fraction of sp³-hybridized carbons (Fsp3) is 0.933. The summed E-state index contributed by atoms with van der Waals surface area (Å²) in [6.45, 7) is 15.2. The second kappa shape index (κ2) is 7.43. The number of carbonyl (C=O) groups excluding carboxylic acids is 1. The van der Waals surface area contributed by atoms with E-state index >= 15 is 0 Å². The van der Waals surface area contributed by atoms with Crippen LogP contribution in [-0.2, 0) is 14.0 Å². The minimum absolute atomic E-state index is 0.0201. The van der Waals surface area contributed by atoms with Crippen LogP contribution < -0.4 is 0 Å². The summed E-state index contributed by atoms with van der Waals surface area (Å²) in [6, 6.07) is 0. The molecule has 0 fully saturated rings. The van der Waals surface area contributed by atoms with Gasteiger partial charge < -0.3 is 9.16 Å². The van der Waals surface area contributed by atoms with Crippen molar-refractivity contribution >= 4 is 14.3 Å². The monoisotopic (exact) mass is 288 g/mol. The number of ether oxygens (including phenoxy) is 1. The Kier molecular flexibility index (Phi) is 7.30. The maximum Gasteiger partial charge on any atom is 0.310 e. The Balaban J connectivity index is 4.91. The average molecular weight is 289 g/mol. The molecule has 0 spiro atoms. The Morgan fingerprint density at radius 2 is 1.79 bits per heavy atom. The molecule has 4 heteroatoms. The van der Waals surface area contributed by atoms with Crippen molar-refractivity contribution in [2.24, 2.45) is 5.92 Å². The van der Waals surface area contributed by atoms with Crippen molar-refractivity contribution < 1.29 is 14.0 Å². The molecule has 0 aliphatic carbocycles. The van der Waals surface area contributed by atoms with Gasteiger partial charge in [0, 0.05) is 0 Å². The van der Waals surface area contributed by atoms with Crippen LogP contribution in [0, 0.1) is 5.92 Å². The van der Waals surface area contributed by atoms with Gasteiger partial charge in [0.15, 0.2) is 8.32 Å². The van der Waals surface area contributed by atoms with Crippen LogP contribution in [0.3, 0.4) is 0 Å². The Morgan fingerprint density at radius 3 is 2.16 bits per heavy atom. The minimum Gasteiger partial charge on any atom is -0.469 e. The average Bonchev–Trinajstić information content (AvgIpc) is 2.30. The van der Waals surface area contributed by atoms with Crippen molar-refractivity contribution in [1.82, 2.24) is 0 Å². The van der Waals surface area contributed by atoms with E-state index in [4.69, 9.17) is 9.16 Å². The molecule has 19 heavy (non-hydrogen) atoms. The van der Waals surface area contributed by atoms with E-state index < -0.39 is 8.32 Å². The third-order valence-electron chi connectivity index (χ3n) is 4.23. The summed E-state index contributed by atoms with van der Waals surface area (Å²) >= 11 is 0. The summed E-state index contributed by atoms with van der Waals surface area (Å²) in [7, 11) is -0.401. The van der Waals surface area contributed by atoms with Gasteiger partial charge in [0.1, 0.15) is 0 Å². The number of unbranched alkanes of at least 4 members (excludes halogenated alkanes) is 1. The van der Waals surface area contributed by atoms with Crippen LogP contribution in [0.25, 0.3) is 0 Å². The third-order valence-corrected chi connectivity index (χ3v) is 8.73. The van der Waals surface area contributed by atoms with Gasteiger partial charge in [-0.15, -0.1) is 0 Å². The first-order valence-electron chi connectivity index (χ1n) is 7.32. The van der Waals surface area contributed by atoms with E-state index in [-0.39, 0.29) is 23.0 Å². The molecule has 2 atom stereocenters. The van der Waals surface area contributed by atoms with Gasteiger partial charge in [-0.25, -0.2) is 0 Å². The van der Waals surface area contributed by atoms with Crippen LogP contribution in [0.5, 0.6) is 0 Å². The molecule has 114 valence electrons. The van der Waals surface area contributed by atoms with Crippen LogP contribution in [0.15, 0.2) is 0 Å². The lowest BCUT2D eigenvalue weighted by molar-refractivity contribution is -0.148. The number of hydrogen-bond donors (Lipinski definition) is 0. The predicted octanol–water partition coefficient (Wildman–Crippen LogP) is 4.38. The van der Waals surface area contributed by atoms with Gasteiger partial charge in [0.25, 0.3) is 0 Å². The van der Waals surface area contributed by atoms with Crippen LogP contribution in [0.4, 0.5) is 0 Å². The van der Waals surface area contributed by atoms with Crippen molar-refractivity contribution in [1.29, 1.82) is 0 Å². The molecule has 0 rings (SSSR count). The quantitative estimate of drug-likeness (QED) is 0.515. The maximum atomic E-state index is 11.8. The van der Waals surface area contributed by atoms with Crippen molar-refractivity contribution in [2.45, 2.75) is 78.1 Å². The van der Waals surface area contributed by atoms with Crippen LogP contribution in [0.1, 0.15) is 53.9 Å². The van der Waals surface area contributed by atoms with Crippen LogP contribution in [-0.4, -0.2) is 27.5 Å². The standard InChI is InChI=1S/C15H32O3Si/c1-9-10-11-13(12(2)14(16)17-6)18-19(7,8)15(3,4)5/h12-13H,9-11H2,1-8H3/t12-,13-/m1/s1. The molecular weight excluding hydrogens is 256 g/mol. The fourth-order valence-corrected chi connectivity index (χ4v) is 3.14. The van der Waals surface area contributed by atoms with Crippen molar-refractivity contribution in [3.63, 3.8) is 0 Å². The SMILES string of the molecule is CCCC[C@@H](O[Si](C)(C)C(C)(C)C)[C@@H](C)C(=O)OC. The van der Waals surface area contributed by atoms with Gasteiger partial charge in [-0.1, -0.05) is 40.5 Å². The molecule has 0 saturated heterocycles. The first-order valence-corrected chi connectivity index (χ1v) is 10.2. The van der Waals surface area contributed by atoms with E-state index in [2.05, 4.69) is 40.8 Å². The highest BCUT2D eigenvalue weighted by molar-refractivity contribution is 6.74. The van der Waals surface area contributed by atoms with E-state index in [0.717, 1.165) is 19.3 Å². The topological polar surface area (TPSA) is 35.5 Å². The van der Waals surface area contributed by atoms with Crippen molar-refractivity contribution in [2.75, 3.05) is 7.11 Å². The first kappa shape index (κ1) is 18.6. The normalized spacial score (nSPS) is 16.0. The Labute approximate surface area is 120 Å². The number of carbonyl (C=O) groups is 1. The first-order chi connectivity index (χ1) is 8.56. The Morgan fingerprint density at radius 1 is 1.26 bits per heavy atom. The number of esters is 1. The molecule has 0 aliphatic heterocycles. The molecule has 0 aromatic carbocycles. The highest BCUT2D eigenvalue weighted by Crippen LogP contribution is 2.38. The second-order valence-electron chi connectivity index (χ2n) is 6.87. The molecule has 0 radical (unpaired) electrons. The number of methoxy groups -OCH3 is 1. The van der Waals surface area contributed by atoms with Gasteiger partial charge in [-0.2, -0.15) is 0 Å². The molecule has 0 aromatic heterocycles. The minimum atomic E-state index is -1.85. The molecule has 0 aromatic rings. The summed E-state index contributed by atoms with van der Waals surface area (Å²) in [5.74, 6) is -0.356. The van der Waals surface area contributed by atoms with Gasteiger partial charge in [0.2, 0.25) is 0 Å². The lowest BCUT2D eigenvalue weighted by Gasteiger charge is -2.40. The molecule has 0 N–H and O–H groups in total. The molecule has 0 saturated carbocycles. The van der Waals surface area contributed by atoms with E-state index in [9.17, 15) is 4.79 Å². The van der Waals surface area contributed by atoms with E-state index in [0.29, 0.717) is 0 Å².